The summed E-state index contributed by atoms with van der Waals surface area (Å²) in [6.45, 7) is 4.21. The zero-order valence-electron chi connectivity index (χ0n) is 15.1. The van der Waals surface area contributed by atoms with Crippen molar-refractivity contribution in [3.63, 3.8) is 0 Å². The number of hydrogen-bond acceptors (Lipinski definition) is 3. The van der Waals surface area contributed by atoms with Crippen LogP contribution in [0.3, 0.4) is 0 Å². The molecule has 0 bridgehead atoms. The molecule has 0 saturated carbocycles. The molecule has 5 nitrogen and oxygen atoms in total. The fourth-order valence-electron chi connectivity index (χ4n) is 3.27. The highest BCUT2D eigenvalue weighted by atomic mass is 16.2. The number of amides is 2. The van der Waals surface area contributed by atoms with Crippen molar-refractivity contribution in [2.45, 2.75) is 26.2 Å². The van der Waals surface area contributed by atoms with Crippen LogP contribution >= 0.6 is 0 Å². The SMILES string of the molecule is CC1CCCN(C(=O)c2cccc(C(=O)NCCc3ccccc3)n2)C1. The smallest absolute Gasteiger partial charge is 0.272 e. The van der Waals surface area contributed by atoms with Gasteiger partial charge in [-0.1, -0.05) is 43.3 Å². The number of carbonyl (C=O) groups is 2. The van der Waals surface area contributed by atoms with Crippen LogP contribution in [0.4, 0.5) is 0 Å². The number of pyridine rings is 1. The number of aromatic nitrogens is 1. The predicted molar refractivity (Wildman–Crippen MR) is 101 cm³/mol. The summed E-state index contributed by atoms with van der Waals surface area (Å²) < 4.78 is 0. The minimum Gasteiger partial charge on any atom is -0.350 e. The quantitative estimate of drug-likeness (QED) is 0.901. The van der Waals surface area contributed by atoms with E-state index in [0.29, 0.717) is 18.2 Å². The average molecular weight is 351 g/mol. The van der Waals surface area contributed by atoms with Crippen molar-refractivity contribution in [1.82, 2.24) is 15.2 Å². The lowest BCUT2D eigenvalue weighted by atomic mass is 10.00. The maximum absolute atomic E-state index is 12.7. The number of piperidine rings is 1. The third-order valence-corrected chi connectivity index (χ3v) is 4.69. The molecule has 1 aromatic carbocycles. The lowest BCUT2D eigenvalue weighted by Crippen LogP contribution is -2.39. The Morgan fingerprint density at radius 3 is 2.65 bits per heavy atom. The minimum atomic E-state index is -0.248. The van der Waals surface area contributed by atoms with Gasteiger partial charge in [-0.2, -0.15) is 0 Å². The summed E-state index contributed by atoms with van der Waals surface area (Å²) in [5.41, 5.74) is 1.80. The van der Waals surface area contributed by atoms with Gasteiger partial charge in [0.15, 0.2) is 0 Å². The Morgan fingerprint density at radius 2 is 1.88 bits per heavy atom. The molecule has 2 amide bonds. The monoisotopic (exact) mass is 351 g/mol. The van der Waals surface area contributed by atoms with Gasteiger partial charge in [-0.3, -0.25) is 9.59 Å². The van der Waals surface area contributed by atoms with E-state index in [9.17, 15) is 9.59 Å². The fourth-order valence-corrected chi connectivity index (χ4v) is 3.27. The van der Waals surface area contributed by atoms with Crippen LogP contribution in [0.15, 0.2) is 48.5 Å². The Labute approximate surface area is 154 Å². The van der Waals surface area contributed by atoms with Crippen molar-refractivity contribution in [1.29, 1.82) is 0 Å². The van der Waals surface area contributed by atoms with Crippen molar-refractivity contribution in [3.05, 3.63) is 65.5 Å². The van der Waals surface area contributed by atoms with E-state index in [2.05, 4.69) is 17.2 Å². The molecular weight excluding hydrogens is 326 g/mol. The summed E-state index contributed by atoms with van der Waals surface area (Å²) in [6.07, 6.45) is 2.94. The second kappa shape index (κ2) is 8.61. The number of nitrogens with zero attached hydrogens (tertiary/aromatic N) is 2. The normalized spacial score (nSPS) is 17.0. The Kier molecular flexibility index (Phi) is 6.00. The second-order valence-electron chi connectivity index (χ2n) is 6.90. The van der Waals surface area contributed by atoms with Gasteiger partial charge in [0.25, 0.3) is 11.8 Å². The van der Waals surface area contributed by atoms with E-state index in [1.54, 1.807) is 18.2 Å². The third-order valence-electron chi connectivity index (χ3n) is 4.69. The first-order valence-electron chi connectivity index (χ1n) is 9.22. The maximum atomic E-state index is 12.7. The van der Waals surface area contributed by atoms with Crippen molar-refractivity contribution >= 4 is 11.8 Å². The first-order chi connectivity index (χ1) is 12.6. The Balaban J connectivity index is 1.59. The first-order valence-corrected chi connectivity index (χ1v) is 9.22. The van der Waals surface area contributed by atoms with Crippen LogP contribution in [-0.2, 0) is 6.42 Å². The summed E-state index contributed by atoms with van der Waals surface area (Å²) in [6, 6.07) is 15.0. The first kappa shape index (κ1) is 18.1. The van der Waals surface area contributed by atoms with Crippen LogP contribution in [0, 0.1) is 5.92 Å². The minimum absolute atomic E-state index is 0.0875. The van der Waals surface area contributed by atoms with E-state index < -0.39 is 0 Å². The Morgan fingerprint density at radius 1 is 1.12 bits per heavy atom. The lowest BCUT2D eigenvalue weighted by Gasteiger charge is -2.30. The van der Waals surface area contributed by atoms with E-state index in [1.807, 2.05) is 35.2 Å². The molecule has 0 radical (unpaired) electrons. The van der Waals surface area contributed by atoms with Gasteiger partial charge in [0.05, 0.1) is 0 Å². The topological polar surface area (TPSA) is 62.3 Å². The number of likely N-dealkylation sites (tertiary alicyclic amines) is 1. The fraction of sp³-hybridized carbons (Fsp3) is 0.381. The predicted octanol–water partition coefficient (Wildman–Crippen LogP) is 2.93. The van der Waals surface area contributed by atoms with Crippen LogP contribution in [-0.4, -0.2) is 41.3 Å². The molecule has 1 aliphatic rings. The molecule has 1 fully saturated rings. The number of benzene rings is 1. The van der Waals surface area contributed by atoms with Gasteiger partial charge >= 0.3 is 0 Å². The molecule has 136 valence electrons. The van der Waals surface area contributed by atoms with Gasteiger partial charge in [0.2, 0.25) is 0 Å². The van der Waals surface area contributed by atoms with E-state index in [1.165, 1.54) is 5.56 Å². The second-order valence-corrected chi connectivity index (χ2v) is 6.90. The van der Waals surface area contributed by atoms with E-state index in [0.717, 1.165) is 32.4 Å². The van der Waals surface area contributed by atoms with Gasteiger partial charge < -0.3 is 10.2 Å². The van der Waals surface area contributed by atoms with Crippen molar-refractivity contribution in [3.8, 4) is 0 Å². The molecule has 1 N–H and O–H groups in total. The van der Waals surface area contributed by atoms with Gasteiger partial charge in [0.1, 0.15) is 11.4 Å². The molecule has 2 heterocycles. The van der Waals surface area contributed by atoms with Crippen LogP contribution in [0.2, 0.25) is 0 Å². The molecule has 1 unspecified atom stereocenters. The van der Waals surface area contributed by atoms with Crippen LogP contribution in [0.25, 0.3) is 0 Å². The third kappa shape index (κ3) is 4.69. The highest BCUT2D eigenvalue weighted by Crippen LogP contribution is 2.17. The largest absolute Gasteiger partial charge is 0.350 e. The van der Waals surface area contributed by atoms with Gasteiger partial charge in [-0.25, -0.2) is 4.98 Å². The molecule has 26 heavy (non-hydrogen) atoms. The zero-order chi connectivity index (χ0) is 18.4. The number of nitrogens with one attached hydrogen (secondary N) is 1. The maximum Gasteiger partial charge on any atom is 0.272 e. The number of hydrogen-bond donors (Lipinski definition) is 1. The van der Waals surface area contributed by atoms with Crippen LogP contribution < -0.4 is 5.32 Å². The van der Waals surface area contributed by atoms with Gasteiger partial charge in [-0.15, -0.1) is 0 Å². The number of rotatable bonds is 5. The standard InChI is InChI=1S/C21H25N3O2/c1-16-7-6-14-24(15-16)21(26)19-11-5-10-18(23-19)20(25)22-13-12-17-8-3-2-4-9-17/h2-5,8-11,16H,6-7,12-15H2,1H3,(H,22,25). The molecule has 5 heteroatoms. The lowest BCUT2D eigenvalue weighted by molar-refractivity contribution is 0.0677. The molecular formula is C21H25N3O2. The highest BCUT2D eigenvalue weighted by molar-refractivity contribution is 5.96. The average Bonchev–Trinajstić information content (AvgIpc) is 2.68. The zero-order valence-corrected chi connectivity index (χ0v) is 15.1. The molecule has 0 aliphatic carbocycles. The summed E-state index contributed by atoms with van der Waals surface area (Å²) >= 11 is 0. The van der Waals surface area contributed by atoms with E-state index in [4.69, 9.17) is 0 Å². The molecule has 2 aromatic rings. The van der Waals surface area contributed by atoms with Gasteiger partial charge in [-0.05, 0) is 42.9 Å². The molecule has 1 aromatic heterocycles. The van der Waals surface area contributed by atoms with Crippen LogP contribution in [0.1, 0.15) is 46.3 Å². The van der Waals surface area contributed by atoms with Crippen molar-refractivity contribution < 1.29 is 9.59 Å². The Bertz CT molecular complexity index is 761. The molecule has 1 atom stereocenters. The molecule has 0 spiro atoms. The van der Waals surface area contributed by atoms with E-state index >= 15 is 0 Å². The van der Waals surface area contributed by atoms with E-state index in [-0.39, 0.29) is 17.5 Å². The summed E-state index contributed by atoms with van der Waals surface area (Å²) in [4.78, 5) is 31.1. The highest BCUT2D eigenvalue weighted by Gasteiger charge is 2.23. The van der Waals surface area contributed by atoms with Crippen molar-refractivity contribution in [2.24, 2.45) is 5.92 Å². The van der Waals surface area contributed by atoms with Crippen molar-refractivity contribution in [2.75, 3.05) is 19.6 Å². The molecule has 3 rings (SSSR count). The molecule has 1 saturated heterocycles. The summed E-state index contributed by atoms with van der Waals surface area (Å²) in [7, 11) is 0. The van der Waals surface area contributed by atoms with Gasteiger partial charge in [0, 0.05) is 19.6 Å². The Hall–Kier alpha value is -2.69. The molecule has 1 aliphatic heterocycles. The summed E-state index contributed by atoms with van der Waals surface area (Å²) in [5.74, 6) is 0.176. The summed E-state index contributed by atoms with van der Waals surface area (Å²) in [5, 5.41) is 2.87. The number of carbonyl (C=O) groups excluding carboxylic acids is 2. The van der Waals surface area contributed by atoms with Crippen LogP contribution in [0.5, 0.6) is 0 Å².